The van der Waals surface area contributed by atoms with Crippen molar-refractivity contribution < 1.29 is 17.9 Å². The Balaban J connectivity index is 2.02. The van der Waals surface area contributed by atoms with Crippen LogP contribution >= 0.6 is 0 Å². The summed E-state index contributed by atoms with van der Waals surface area (Å²) in [6, 6.07) is 4.46. The molecule has 8 heteroatoms. The fourth-order valence-electron chi connectivity index (χ4n) is 2.45. The second-order valence-corrected chi connectivity index (χ2v) is 7.22. The van der Waals surface area contributed by atoms with Crippen molar-refractivity contribution >= 4 is 16.0 Å². The summed E-state index contributed by atoms with van der Waals surface area (Å²) in [5.74, 6) is -0.541. The monoisotopic (exact) mass is 341 g/mol. The summed E-state index contributed by atoms with van der Waals surface area (Å²) in [5.41, 5.74) is 0.939. The van der Waals surface area contributed by atoms with Crippen molar-refractivity contribution in [3.05, 3.63) is 29.3 Å². The fourth-order valence-corrected chi connectivity index (χ4v) is 3.50. The van der Waals surface area contributed by atoms with Gasteiger partial charge >= 0.3 is 5.97 Å². The first-order valence-corrected chi connectivity index (χ1v) is 9.04. The maximum absolute atomic E-state index is 12.4. The maximum atomic E-state index is 12.4. The van der Waals surface area contributed by atoms with Gasteiger partial charge in [0.25, 0.3) is 0 Å². The van der Waals surface area contributed by atoms with Gasteiger partial charge in [0.05, 0.1) is 17.6 Å². The number of rotatable bonds is 6. The second kappa shape index (κ2) is 7.87. The normalized spacial score (nSPS) is 16.3. The summed E-state index contributed by atoms with van der Waals surface area (Å²) < 4.78 is 32.0. The van der Waals surface area contributed by atoms with Gasteiger partial charge in [-0.1, -0.05) is 6.07 Å². The van der Waals surface area contributed by atoms with Crippen molar-refractivity contribution in [2.75, 3.05) is 46.4 Å². The van der Waals surface area contributed by atoms with Crippen molar-refractivity contribution in [2.45, 2.75) is 11.8 Å². The molecule has 0 amide bonds. The van der Waals surface area contributed by atoms with E-state index in [1.807, 2.05) is 0 Å². The minimum Gasteiger partial charge on any atom is -0.465 e. The topological polar surface area (TPSA) is 87.7 Å². The summed E-state index contributed by atoms with van der Waals surface area (Å²) in [6.07, 6.45) is 0. The number of methoxy groups -OCH3 is 1. The minimum absolute atomic E-state index is 0.0730. The van der Waals surface area contributed by atoms with E-state index in [2.05, 4.69) is 19.7 Å². The van der Waals surface area contributed by atoms with E-state index in [1.54, 1.807) is 13.0 Å². The zero-order chi connectivity index (χ0) is 16.9. The molecule has 0 spiro atoms. The molecule has 23 heavy (non-hydrogen) atoms. The lowest BCUT2D eigenvalue weighted by molar-refractivity contribution is 0.0599. The molecule has 0 aromatic heterocycles. The van der Waals surface area contributed by atoms with Gasteiger partial charge in [0.2, 0.25) is 10.0 Å². The van der Waals surface area contributed by atoms with E-state index in [0.29, 0.717) is 18.7 Å². The molecule has 2 N–H and O–H groups in total. The summed E-state index contributed by atoms with van der Waals surface area (Å²) in [5, 5.41) is 3.25. The van der Waals surface area contributed by atoms with E-state index >= 15 is 0 Å². The molecule has 1 heterocycles. The summed E-state index contributed by atoms with van der Waals surface area (Å²) in [7, 11) is -2.37. The lowest BCUT2D eigenvalue weighted by Crippen LogP contribution is -2.46. The first-order valence-electron chi connectivity index (χ1n) is 7.56. The van der Waals surface area contributed by atoms with Crippen molar-refractivity contribution in [1.29, 1.82) is 0 Å². The molecule has 0 unspecified atom stereocenters. The molecule has 1 saturated heterocycles. The minimum atomic E-state index is -3.64. The third-order valence-corrected chi connectivity index (χ3v) is 5.31. The first kappa shape index (κ1) is 17.9. The summed E-state index contributed by atoms with van der Waals surface area (Å²) in [6.45, 7) is 6.42. The van der Waals surface area contributed by atoms with E-state index in [0.717, 1.165) is 26.2 Å². The fraction of sp³-hybridized carbons (Fsp3) is 0.533. The molecule has 1 aromatic rings. The number of hydrogen-bond acceptors (Lipinski definition) is 6. The molecule has 7 nitrogen and oxygen atoms in total. The Bertz CT molecular complexity index is 655. The number of nitrogens with zero attached hydrogens (tertiary/aromatic N) is 1. The summed E-state index contributed by atoms with van der Waals surface area (Å²) in [4.78, 5) is 14.0. The van der Waals surface area contributed by atoms with E-state index in [4.69, 9.17) is 0 Å². The van der Waals surface area contributed by atoms with Gasteiger partial charge in [0.1, 0.15) is 0 Å². The van der Waals surface area contributed by atoms with Gasteiger partial charge in [-0.05, 0) is 24.6 Å². The average Bonchev–Trinajstić information content (AvgIpc) is 2.55. The van der Waals surface area contributed by atoms with Crippen LogP contribution in [0.25, 0.3) is 0 Å². The second-order valence-electron chi connectivity index (χ2n) is 5.46. The maximum Gasteiger partial charge on any atom is 0.338 e. The van der Waals surface area contributed by atoms with E-state index < -0.39 is 16.0 Å². The smallest absolute Gasteiger partial charge is 0.338 e. The van der Waals surface area contributed by atoms with Gasteiger partial charge in [-0.25, -0.2) is 17.9 Å². The first-order chi connectivity index (χ1) is 10.9. The number of nitrogens with one attached hydrogen (secondary N) is 2. The molecule has 1 aliphatic rings. The van der Waals surface area contributed by atoms with Crippen molar-refractivity contribution in [1.82, 2.24) is 14.9 Å². The van der Waals surface area contributed by atoms with Crippen LogP contribution < -0.4 is 10.0 Å². The van der Waals surface area contributed by atoms with Gasteiger partial charge in [-0.15, -0.1) is 0 Å². The third kappa shape index (κ3) is 4.74. The molecule has 1 aliphatic heterocycles. The quantitative estimate of drug-likeness (QED) is 0.706. The van der Waals surface area contributed by atoms with Gasteiger partial charge in [-0.3, -0.25) is 4.90 Å². The molecule has 0 atom stereocenters. The van der Waals surface area contributed by atoms with Crippen LogP contribution in [-0.4, -0.2) is 65.7 Å². The van der Waals surface area contributed by atoms with Crippen LogP contribution in [0.5, 0.6) is 0 Å². The molecule has 0 aliphatic carbocycles. The Kier molecular flexibility index (Phi) is 6.11. The lowest BCUT2D eigenvalue weighted by atomic mass is 10.1. The molecule has 0 saturated carbocycles. The highest BCUT2D eigenvalue weighted by Crippen LogP contribution is 2.16. The number of piperazine rings is 1. The Morgan fingerprint density at radius 1 is 1.35 bits per heavy atom. The van der Waals surface area contributed by atoms with Gasteiger partial charge in [-0.2, -0.15) is 0 Å². The van der Waals surface area contributed by atoms with Gasteiger partial charge in [0, 0.05) is 39.3 Å². The Hall–Kier alpha value is -1.48. The Morgan fingerprint density at radius 2 is 2.04 bits per heavy atom. The standard InChI is InChI=1S/C15H23N3O4S/c1-12-3-4-13(11-14(12)15(19)22-2)23(20,21)17-7-10-18-8-5-16-6-9-18/h3-4,11,16-17H,5-10H2,1-2H3. The number of esters is 1. The predicted octanol–water partition coefficient (Wildman–Crippen LogP) is -0.0349. The van der Waals surface area contributed by atoms with Crippen molar-refractivity contribution in [2.24, 2.45) is 0 Å². The zero-order valence-electron chi connectivity index (χ0n) is 13.5. The number of benzene rings is 1. The number of aryl methyl sites for hydroxylation is 1. The molecular formula is C15H23N3O4S. The number of sulfonamides is 1. The van der Waals surface area contributed by atoms with Crippen LogP contribution in [0.1, 0.15) is 15.9 Å². The van der Waals surface area contributed by atoms with Crippen molar-refractivity contribution in [3.8, 4) is 0 Å². The van der Waals surface area contributed by atoms with Crippen molar-refractivity contribution in [3.63, 3.8) is 0 Å². The Labute approximate surface area is 137 Å². The molecule has 2 rings (SSSR count). The number of hydrogen-bond donors (Lipinski definition) is 2. The highest BCUT2D eigenvalue weighted by molar-refractivity contribution is 7.89. The van der Waals surface area contributed by atoms with E-state index in [9.17, 15) is 13.2 Å². The Morgan fingerprint density at radius 3 is 2.70 bits per heavy atom. The van der Waals surface area contributed by atoms with E-state index in [-0.39, 0.29) is 10.5 Å². The number of carbonyl (C=O) groups is 1. The molecule has 0 bridgehead atoms. The van der Waals surface area contributed by atoms with Crippen LogP contribution in [0.4, 0.5) is 0 Å². The van der Waals surface area contributed by atoms with Crippen LogP contribution in [-0.2, 0) is 14.8 Å². The SMILES string of the molecule is COC(=O)c1cc(S(=O)(=O)NCCN2CCNCC2)ccc1C. The largest absolute Gasteiger partial charge is 0.465 e. The zero-order valence-corrected chi connectivity index (χ0v) is 14.3. The van der Waals surface area contributed by atoms with Crippen LogP contribution in [0, 0.1) is 6.92 Å². The average molecular weight is 341 g/mol. The van der Waals surface area contributed by atoms with Crippen LogP contribution in [0.2, 0.25) is 0 Å². The van der Waals surface area contributed by atoms with Gasteiger partial charge < -0.3 is 10.1 Å². The van der Waals surface area contributed by atoms with Gasteiger partial charge in [0.15, 0.2) is 0 Å². The molecule has 128 valence electrons. The van der Waals surface area contributed by atoms with E-state index in [1.165, 1.54) is 19.2 Å². The summed E-state index contributed by atoms with van der Waals surface area (Å²) >= 11 is 0. The molecule has 1 aromatic carbocycles. The van der Waals surface area contributed by atoms with Crippen LogP contribution in [0.15, 0.2) is 23.1 Å². The van der Waals surface area contributed by atoms with Crippen LogP contribution in [0.3, 0.4) is 0 Å². The molecular weight excluding hydrogens is 318 g/mol. The number of ether oxygens (including phenoxy) is 1. The highest BCUT2D eigenvalue weighted by atomic mass is 32.2. The lowest BCUT2D eigenvalue weighted by Gasteiger charge is -2.27. The third-order valence-electron chi connectivity index (χ3n) is 3.85. The number of carbonyl (C=O) groups excluding carboxylic acids is 1. The molecule has 1 fully saturated rings. The molecule has 0 radical (unpaired) electrons. The highest BCUT2D eigenvalue weighted by Gasteiger charge is 2.18. The predicted molar refractivity (Wildman–Crippen MR) is 87.0 cm³/mol.